The largest absolute Gasteiger partial charge is 0.483 e. The smallest absolute Gasteiger partial charge is 0.258 e. The molecule has 45 heavy (non-hydrogen) atoms. The molecule has 4 atom stereocenters. The van der Waals surface area contributed by atoms with Crippen molar-refractivity contribution in [3.63, 3.8) is 0 Å². The van der Waals surface area contributed by atoms with Crippen LogP contribution < -0.4 is 20.7 Å². The Morgan fingerprint density at radius 1 is 0.911 bits per heavy atom. The second-order valence-corrected chi connectivity index (χ2v) is 12.6. The molecule has 0 unspecified atom stereocenters. The summed E-state index contributed by atoms with van der Waals surface area (Å²) in [6.07, 6.45) is 0.240. The number of para-hydroxylation sites is 1. The molecule has 0 saturated carbocycles. The van der Waals surface area contributed by atoms with E-state index in [1.807, 2.05) is 111 Å². The van der Waals surface area contributed by atoms with Crippen LogP contribution in [0, 0.1) is 19.8 Å². The molecule has 1 aliphatic heterocycles. The fourth-order valence-corrected chi connectivity index (χ4v) is 6.26. The van der Waals surface area contributed by atoms with Gasteiger partial charge in [-0.25, -0.2) is 0 Å². The van der Waals surface area contributed by atoms with Crippen LogP contribution in [0.4, 0.5) is 0 Å². The number of carbonyl (C=O) groups is 2. The van der Waals surface area contributed by atoms with E-state index in [1.54, 1.807) is 0 Å². The quantitative estimate of drug-likeness (QED) is 0.188. The molecule has 0 aliphatic carbocycles. The molecule has 0 aromatic heterocycles. The van der Waals surface area contributed by atoms with Crippen molar-refractivity contribution in [1.29, 1.82) is 0 Å². The van der Waals surface area contributed by atoms with Gasteiger partial charge < -0.3 is 30.7 Å². The number of amides is 2. The van der Waals surface area contributed by atoms with Gasteiger partial charge in [0.2, 0.25) is 5.91 Å². The summed E-state index contributed by atoms with van der Waals surface area (Å²) in [6.45, 7) is 9.11. The van der Waals surface area contributed by atoms with Gasteiger partial charge in [0.1, 0.15) is 11.8 Å². The zero-order valence-electron chi connectivity index (χ0n) is 26.7. The van der Waals surface area contributed by atoms with Gasteiger partial charge in [0.15, 0.2) is 11.7 Å². The molecular weight excluding hydrogens is 584 g/mol. The van der Waals surface area contributed by atoms with E-state index in [0.717, 1.165) is 22.3 Å². The lowest BCUT2D eigenvalue weighted by molar-refractivity contribution is -0.128. The topological polar surface area (TPSA) is 103 Å². The summed E-state index contributed by atoms with van der Waals surface area (Å²) < 4.78 is 5.91. The molecule has 8 nitrogen and oxygen atoms in total. The minimum atomic E-state index is -0.949. The van der Waals surface area contributed by atoms with E-state index in [1.165, 1.54) is 0 Å². The monoisotopic (exact) mass is 630 g/mol. The number of nitrogens with zero attached hydrogens (tertiary/aromatic N) is 1. The third-order valence-electron chi connectivity index (χ3n) is 8.19. The van der Waals surface area contributed by atoms with Gasteiger partial charge in [-0.3, -0.25) is 9.59 Å². The lowest BCUT2D eigenvalue weighted by Crippen LogP contribution is -2.55. The van der Waals surface area contributed by atoms with Crippen molar-refractivity contribution in [3.05, 3.63) is 101 Å². The summed E-state index contributed by atoms with van der Waals surface area (Å²) in [7, 11) is 0. The maximum atomic E-state index is 13.8. The Morgan fingerprint density at radius 3 is 2.07 bits per heavy atom. The number of thiocarbonyl (C=S) groups is 1. The summed E-state index contributed by atoms with van der Waals surface area (Å²) in [6, 6.07) is 24.1. The van der Waals surface area contributed by atoms with Crippen LogP contribution in [0.1, 0.15) is 42.5 Å². The van der Waals surface area contributed by atoms with E-state index in [2.05, 4.69) is 16.0 Å². The summed E-state index contributed by atoms with van der Waals surface area (Å²) in [5.41, 5.74) is 3.93. The molecule has 0 bridgehead atoms. The van der Waals surface area contributed by atoms with Gasteiger partial charge in [-0.2, -0.15) is 0 Å². The van der Waals surface area contributed by atoms with Crippen molar-refractivity contribution in [2.24, 2.45) is 5.92 Å². The van der Waals surface area contributed by atoms with Crippen LogP contribution in [-0.4, -0.2) is 70.9 Å². The van der Waals surface area contributed by atoms with Crippen molar-refractivity contribution in [3.8, 4) is 5.75 Å². The molecule has 0 spiro atoms. The molecule has 1 fully saturated rings. The van der Waals surface area contributed by atoms with Crippen LogP contribution in [-0.2, 0) is 22.4 Å². The molecule has 0 radical (unpaired) electrons. The van der Waals surface area contributed by atoms with Gasteiger partial charge >= 0.3 is 0 Å². The number of carbonyl (C=O) groups excluding carboxylic acids is 2. The number of rotatable bonds is 15. The second kappa shape index (κ2) is 16.4. The molecule has 1 heterocycles. The number of nitrogens with one attached hydrogen (secondary N) is 3. The van der Waals surface area contributed by atoms with Gasteiger partial charge in [0.25, 0.3) is 5.91 Å². The van der Waals surface area contributed by atoms with E-state index >= 15 is 0 Å². The van der Waals surface area contributed by atoms with Crippen LogP contribution in [0.2, 0.25) is 0 Å². The molecule has 2 amide bonds. The molecule has 1 saturated heterocycles. The van der Waals surface area contributed by atoms with E-state index in [4.69, 9.17) is 17.0 Å². The number of hydrogen-bond donors (Lipinski definition) is 4. The summed E-state index contributed by atoms with van der Waals surface area (Å²) in [5.74, 6) is 0.254. The van der Waals surface area contributed by atoms with Crippen molar-refractivity contribution in [1.82, 2.24) is 20.9 Å². The van der Waals surface area contributed by atoms with Gasteiger partial charge in [-0.1, -0.05) is 92.7 Å². The summed E-state index contributed by atoms with van der Waals surface area (Å²) in [4.78, 5) is 28.9. The maximum Gasteiger partial charge on any atom is 0.258 e. The molecule has 4 rings (SSSR count). The second-order valence-electron chi connectivity index (χ2n) is 12.2. The molecule has 240 valence electrons. The van der Waals surface area contributed by atoms with Crippen molar-refractivity contribution in [2.45, 2.75) is 71.2 Å². The number of ether oxygens (including phenoxy) is 1. The Bertz CT molecular complexity index is 1400. The fraction of sp³-hybridized carbons (Fsp3) is 0.417. The lowest BCUT2D eigenvalue weighted by Gasteiger charge is -2.33. The van der Waals surface area contributed by atoms with E-state index < -0.39 is 18.2 Å². The highest BCUT2D eigenvalue weighted by Gasteiger charge is 2.35. The Balaban J connectivity index is 1.52. The van der Waals surface area contributed by atoms with Crippen LogP contribution in [0.25, 0.3) is 0 Å². The first-order chi connectivity index (χ1) is 21.6. The standard InChI is InChI=1S/C36H46N4O4S/c1-24(2)33(40-19-18-37-36(40)45)35(43)38-29(20-27-14-7-5-8-15-27)22-31(41)30(21-28-16-9-6-10-17-28)39-32(42)23-44-34-25(3)12-11-13-26(34)4/h5-17,24,29-31,33,41H,18-23H2,1-4H3,(H,37,45)(H,38,43)(H,39,42)/t29-,30-,31-,33-/m0/s1. The predicted molar refractivity (Wildman–Crippen MR) is 182 cm³/mol. The molecular formula is C36H46N4O4S. The first-order valence-corrected chi connectivity index (χ1v) is 16.1. The minimum Gasteiger partial charge on any atom is -0.483 e. The summed E-state index contributed by atoms with van der Waals surface area (Å²) in [5, 5.41) is 21.7. The van der Waals surface area contributed by atoms with E-state index in [0.29, 0.717) is 36.8 Å². The Morgan fingerprint density at radius 2 is 1.51 bits per heavy atom. The first kappa shape index (κ1) is 33.9. The van der Waals surface area contributed by atoms with Crippen molar-refractivity contribution < 1.29 is 19.4 Å². The zero-order valence-corrected chi connectivity index (χ0v) is 27.5. The number of aryl methyl sites for hydroxylation is 2. The molecule has 9 heteroatoms. The molecule has 4 N–H and O–H groups in total. The SMILES string of the molecule is Cc1cccc(C)c1OCC(=O)N[C@@H](Cc1ccccc1)[C@@H](O)C[C@H](Cc1ccccc1)NC(=O)[C@H](C(C)C)N1CCNC1=S. The van der Waals surface area contributed by atoms with Gasteiger partial charge in [0.05, 0.1) is 12.1 Å². The zero-order chi connectivity index (χ0) is 32.3. The molecule has 3 aromatic rings. The predicted octanol–water partition coefficient (Wildman–Crippen LogP) is 4.10. The lowest BCUT2D eigenvalue weighted by atomic mass is 9.93. The highest BCUT2D eigenvalue weighted by Crippen LogP contribution is 2.22. The third-order valence-corrected chi connectivity index (χ3v) is 8.57. The maximum absolute atomic E-state index is 13.8. The Kier molecular flexibility index (Phi) is 12.4. The van der Waals surface area contributed by atoms with Crippen LogP contribution >= 0.6 is 12.2 Å². The Hall–Kier alpha value is -3.95. The number of aliphatic hydroxyl groups is 1. The van der Waals surface area contributed by atoms with Crippen LogP contribution in [0.3, 0.4) is 0 Å². The Labute approximate surface area is 272 Å². The van der Waals surface area contributed by atoms with Gasteiger partial charge in [-0.15, -0.1) is 0 Å². The first-order valence-electron chi connectivity index (χ1n) is 15.7. The number of aliphatic hydroxyl groups excluding tert-OH is 1. The van der Waals surface area contributed by atoms with Gasteiger partial charge in [0, 0.05) is 19.1 Å². The average Bonchev–Trinajstić information content (AvgIpc) is 3.42. The minimum absolute atomic E-state index is 0.0205. The highest BCUT2D eigenvalue weighted by atomic mass is 32.1. The summed E-state index contributed by atoms with van der Waals surface area (Å²) >= 11 is 5.49. The molecule has 3 aromatic carbocycles. The van der Waals surface area contributed by atoms with Crippen molar-refractivity contribution in [2.75, 3.05) is 19.7 Å². The van der Waals surface area contributed by atoms with Crippen LogP contribution in [0.15, 0.2) is 78.9 Å². The number of hydrogen-bond acceptors (Lipinski definition) is 5. The fourth-order valence-electron chi connectivity index (χ4n) is 5.95. The van der Waals surface area contributed by atoms with Crippen LogP contribution in [0.5, 0.6) is 5.75 Å². The van der Waals surface area contributed by atoms with Gasteiger partial charge in [-0.05, 0) is 73.5 Å². The van der Waals surface area contributed by atoms with E-state index in [9.17, 15) is 14.7 Å². The third kappa shape index (κ3) is 9.77. The normalized spacial score (nSPS) is 15.6. The highest BCUT2D eigenvalue weighted by molar-refractivity contribution is 7.80. The average molecular weight is 631 g/mol. The molecule has 1 aliphatic rings. The van der Waals surface area contributed by atoms with Crippen molar-refractivity contribution >= 4 is 29.1 Å². The number of benzene rings is 3. The van der Waals surface area contributed by atoms with E-state index in [-0.39, 0.29) is 36.8 Å².